The minimum absolute atomic E-state index is 0.0542. The molecule has 8 heteroatoms. The van der Waals surface area contributed by atoms with E-state index in [0.717, 1.165) is 12.1 Å². The quantitative estimate of drug-likeness (QED) is 0.888. The highest BCUT2D eigenvalue weighted by Gasteiger charge is 2.30. The van der Waals surface area contributed by atoms with Crippen molar-refractivity contribution >= 4 is 17.6 Å². The molecule has 0 radical (unpaired) electrons. The van der Waals surface area contributed by atoms with Crippen LogP contribution in [0, 0.1) is 6.92 Å². The van der Waals surface area contributed by atoms with Crippen LogP contribution in [0.25, 0.3) is 0 Å². The molecule has 1 aromatic carbocycles. The number of nitrogens with one attached hydrogen (secondary N) is 2. The molecule has 1 heterocycles. The van der Waals surface area contributed by atoms with Gasteiger partial charge in [-0.15, -0.1) is 0 Å². The Balaban J connectivity index is 2.10. The molecule has 0 spiro atoms. The summed E-state index contributed by atoms with van der Waals surface area (Å²) in [7, 11) is 0. The second-order valence-electron chi connectivity index (χ2n) is 5.50. The Morgan fingerprint density at radius 3 is 2.52 bits per heavy atom. The monoisotopic (exact) mass is 351 g/mol. The van der Waals surface area contributed by atoms with Crippen LogP contribution in [-0.4, -0.2) is 16.8 Å². The summed E-state index contributed by atoms with van der Waals surface area (Å²) in [6.45, 7) is 2.81. The Morgan fingerprint density at radius 2 is 1.88 bits per heavy atom. The second kappa shape index (κ2) is 7.33. The molecule has 0 unspecified atom stereocenters. The minimum atomic E-state index is -4.44. The number of amides is 2. The molecular formula is C17H16F3N3O2. The molecule has 0 fully saturated rings. The number of hydrogen-bond acceptors (Lipinski definition) is 3. The van der Waals surface area contributed by atoms with E-state index >= 15 is 0 Å². The molecule has 1 aromatic heterocycles. The second-order valence-corrected chi connectivity index (χ2v) is 5.50. The van der Waals surface area contributed by atoms with Gasteiger partial charge < -0.3 is 10.6 Å². The molecule has 0 aliphatic heterocycles. The fourth-order valence-corrected chi connectivity index (χ4v) is 2.23. The molecule has 2 N–H and O–H groups in total. The van der Waals surface area contributed by atoms with Crippen molar-refractivity contribution in [3.63, 3.8) is 0 Å². The van der Waals surface area contributed by atoms with Crippen molar-refractivity contribution < 1.29 is 22.8 Å². The highest BCUT2D eigenvalue weighted by Crippen LogP contribution is 2.30. The lowest BCUT2D eigenvalue weighted by molar-refractivity contribution is -0.137. The Bertz CT molecular complexity index is 804. The molecule has 0 saturated carbocycles. The Morgan fingerprint density at radius 1 is 1.16 bits per heavy atom. The lowest BCUT2D eigenvalue weighted by atomic mass is 10.1. The van der Waals surface area contributed by atoms with Crippen LogP contribution in [0.2, 0.25) is 0 Å². The lowest BCUT2D eigenvalue weighted by Crippen LogP contribution is -2.23. The Labute approximate surface area is 142 Å². The number of nitrogens with zero attached hydrogens (tertiary/aromatic N) is 1. The minimum Gasteiger partial charge on any atom is -0.348 e. The zero-order chi connectivity index (χ0) is 18.6. The van der Waals surface area contributed by atoms with E-state index in [1.807, 2.05) is 0 Å². The maximum absolute atomic E-state index is 12.8. The van der Waals surface area contributed by atoms with Crippen molar-refractivity contribution in [3.8, 4) is 0 Å². The number of aromatic nitrogens is 1. The number of anilines is 1. The molecule has 0 saturated heterocycles. The SMILES string of the molecule is CC(=O)Nc1cc(C(=O)NCc2cc(C)cc(C(F)(F)F)c2)ccn1. The maximum atomic E-state index is 12.8. The molecule has 2 aromatic rings. The van der Waals surface area contributed by atoms with Crippen molar-refractivity contribution in [2.75, 3.05) is 5.32 Å². The molecule has 0 atom stereocenters. The van der Waals surface area contributed by atoms with Crippen molar-refractivity contribution in [3.05, 3.63) is 58.8 Å². The normalized spacial score (nSPS) is 11.1. The van der Waals surface area contributed by atoms with Gasteiger partial charge in [-0.05, 0) is 36.8 Å². The van der Waals surface area contributed by atoms with E-state index in [2.05, 4.69) is 15.6 Å². The average Bonchev–Trinajstić information content (AvgIpc) is 2.51. The van der Waals surface area contributed by atoms with E-state index in [4.69, 9.17) is 0 Å². The van der Waals surface area contributed by atoms with E-state index in [9.17, 15) is 22.8 Å². The predicted octanol–water partition coefficient (Wildman–Crippen LogP) is 3.30. The highest BCUT2D eigenvalue weighted by molar-refractivity contribution is 5.96. The van der Waals surface area contributed by atoms with E-state index in [1.165, 1.54) is 25.3 Å². The lowest BCUT2D eigenvalue weighted by Gasteiger charge is -2.11. The molecule has 0 aliphatic carbocycles. The van der Waals surface area contributed by atoms with Gasteiger partial charge in [0.2, 0.25) is 5.91 Å². The van der Waals surface area contributed by atoms with E-state index in [0.29, 0.717) is 11.1 Å². The van der Waals surface area contributed by atoms with Gasteiger partial charge in [-0.25, -0.2) is 4.98 Å². The van der Waals surface area contributed by atoms with E-state index in [1.54, 1.807) is 13.0 Å². The standard InChI is InChI=1S/C17H16F3N3O2/c1-10-5-12(7-14(6-10)17(18,19)20)9-22-16(25)13-3-4-21-15(8-13)23-11(2)24/h3-8H,9H2,1-2H3,(H,22,25)(H,21,23,24). The van der Waals surface area contributed by atoms with Crippen LogP contribution < -0.4 is 10.6 Å². The van der Waals surface area contributed by atoms with Crippen molar-refractivity contribution in [2.45, 2.75) is 26.6 Å². The van der Waals surface area contributed by atoms with Gasteiger partial charge >= 0.3 is 6.18 Å². The first-order valence-corrected chi connectivity index (χ1v) is 7.35. The number of aryl methyl sites for hydroxylation is 1. The van der Waals surface area contributed by atoms with E-state index in [-0.39, 0.29) is 23.8 Å². The van der Waals surface area contributed by atoms with Crippen LogP contribution >= 0.6 is 0 Å². The summed E-state index contributed by atoms with van der Waals surface area (Å²) < 4.78 is 38.5. The van der Waals surface area contributed by atoms with Gasteiger partial charge in [0.15, 0.2) is 0 Å². The first kappa shape index (κ1) is 18.4. The van der Waals surface area contributed by atoms with Crippen LogP contribution in [-0.2, 0) is 17.5 Å². The van der Waals surface area contributed by atoms with Gasteiger partial charge in [0.25, 0.3) is 5.91 Å². The van der Waals surface area contributed by atoms with Crippen molar-refractivity contribution in [1.29, 1.82) is 0 Å². The number of benzene rings is 1. The Hall–Kier alpha value is -2.90. The summed E-state index contributed by atoms with van der Waals surface area (Å²) >= 11 is 0. The zero-order valence-electron chi connectivity index (χ0n) is 13.6. The van der Waals surface area contributed by atoms with Gasteiger partial charge in [-0.2, -0.15) is 13.2 Å². The summed E-state index contributed by atoms with van der Waals surface area (Å²) in [5, 5.41) is 5.01. The fraction of sp³-hybridized carbons (Fsp3) is 0.235. The summed E-state index contributed by atoms with van der Waals surface area (Å²) in [4.78, 5) is 27.0. The molecule has 2 amide bonds. The number of hydrogen-bond donors (Lipinski definition) is 2. The molecular weight excluding hydrogens is 335 g/mol. The van der Waals surface area contributed by atoms with Crippen LogP contribution in [0.1, 0.15) is 34.0 Å². The van der Waals surface area contributed by atoms with Crippen LogP contribution in [0.4, 0.5) is 19.0 Å². The zero-order valence-corrected chi connectivity index (χ0v) is 13.6. The third-order valence-corrected chi connectivity index (χ3v) is 3.24. The number of pyridine rings is 1. The third kappa shape index (κ3) is 5.30. The third-order valence-electron chi connectivity index (χ3n) is 3.24. The summed E-state index contributed by atoms with van der Waals surface area (Å²) in [6.07, 6.45) is -3.09. The number of alkyl halides is 3. The van der Waals surface area contributed by atoms with Crippen LogP contribution in [0.5, 0.6) is 0 Å². The largest absolute Gasteiger partial charge is 0.416 e. The smallest absolute Gasteiger partial charge is 0.348 e. The molecule has 132 valence electrons. The van der Waals surface area contributed by atoms with Crippen LogP contribution in [0.15, 0.2) is 36.5 Å². The average molecular weight is 351 g/mol. The first-order valence-electron chi connectivity index (χ1n) is 7.35. The highest BCUT2D eigenvalue weighted by atomic mass is 19.4. The van der Waals surface area contributed by atoms with Gasteiger partial charge in [-0.3, -0.25) is 9.59 Å². The molecule has 25 heavy (non-hydrogen) atoms. The number of carbonyl (C=O) groups is 2. The summed E-state index contributed by atoms with van der Waals surface area (Å²) in [5.41, 5.74) is 0.281. The van der Waals surface area contributed by atoms with Crippen molar-refractivity contribution in [2.24, 2.45) is 0 Å². The summed E-state index contributed by atoms with van der Waals surface area (Å²) in [5.74, 6) is -0.594. The van der Waals surface area contributed by atoms with Gasteiger partial charge in [0, 0.05) is 25.2 Å². The fourth-order valence-electron chi connectivity index (χ4n) is 2.23. The molecule has 2 rings (SSSR count). The van der Waals surface area contributed by atoms with Crippen molar-refractivity contribution in [1.82, 2.24) is 10.3 Å². The number of rotatable bonds is 4. The molecule has 0 aliphatic rings. The predicted molar refractivity (Wildman–Crippen MR) is 85.9 cm³/mol. The maximum Gasteiger partial charge on any atom is 0.416 e. The molecule has 0 bridgehead atoms. The summed E-state index contributed by atoms with van der Waals surface area (Å²) in [6, 6.07) is 6.45. The number of carbonyl (C=O) groups excluding carboxylic acids is 2. The van der Waals surface area contributed by atoms with E-state index < -0.39 is 17.6 Å². The topological polar surface area (TPSA) is 71.1 Å². The number of halogens is 3. The molecule has 5 nitrogen and oxygen atoms in total. The van der Waals surface area contributed by atoms with Gasteiger partial charge in [0.05, 0.1) is 5.56 Å². The first-order chi connectivity index (χ1) is 11.6. The van der Waals surface area contributed by atoms with Gasteiger partial charge in [-0.1, -0.05) is 11.6 Å². The van der Waals surface area contributed by atoms with Crippen LogP contribution in [0.3, 0.4) is 0 Å². The Kier molecular flexibility index (Phi) is 5.41. The van der Waals surface area contributed by atoms with Gasteiger partial charge in [0.1, 0.15) is 5.82 Å².